The van der Waals surface area contributed by atoms with Crippen molar-refractivity contribution < 1.29 is 0 Å². The molecule has 0 atom stereocenters. The molecular formula is C56H34N6. The second-order valence-electron chi connectivity index (χ2n) is 15.6. The Bertz CT molecular complexity index is 3600. The Morgan fingerprint density at radius 1 is 0.419 bits per heavy atom. The molecule has 0 saturated heterocycles. The minimum Gasteiger partial charge on any atom is -0.309 e. The van der Waals surface area contributed by atoms with Gasteiger partial charge in [0.25, 0.3) is 0 Å². The van der Waals surface area contributed by atoms with Crippen molar-refractivity contribution in [3.8, 4) is 45.7 Å². The second-order valence-corrected chi connectivity index (χ2v) is 15.6. The van der Waals surface area contributed by atoms with Gasteiger partial charge >= 0.3 is 0 Å². The van der Waals surface area contributed by atoms with Crippen molar-refractivity contribution in [1.29, 1.82) is 5.26 Å². The van der Waals surface area contributed by atoms with E-state index in [0.717, 1.165) is 60.9 Å². The number of benzene rings is 10. The molecule has 0 radical (unpaired) electrons. The summed E-state index contributed by atoms with van der Waals surface area (Å²) in [5.74, 6) is 1.59. The SMILES string of the molecule is N#Cc1ccc(N(c2ccc(-c3ccc4c5c3ccc3cccc(c35)n4-c3ccccc3)cc2)c2nc(-c3ccc4ccccc4c3)nc(-c3ccc4ccccc4c3)n2)cc1. The van der Waals surface area contributed by atoms with Crippen LogP contribution in [-0.2, 0) is 0 Å². The monoisotopic (exact) mass is 790 g/mol. The van der Waals surface area contributed by atoms with Gasteiger partial charge in [-0.3, -0.25) is 4.90 Å². The molecule has 0 aliphatic rings. The van der Waals surface area contributed by atoms with Crippen LogP contribution >= 0.6 is 0 Å². The van der Waals surface area contributed by atoms with Crippen LogP contribution in [0.2, 0.25) is 0 Å². The summed E-state index contributed by atoms with van der Waals surface area (Å²) in [6.07, 6.45) is 0. The lowest BCUT2D eigenvalue weighted by atomic mass is 9.94. The number of hydrogen-bond acceptors (Lipinski definition) is 5. The molecule has 6 nitrogen and oxygen atoms in total. The highest BCUT2D eigenvalue weighted by Crippen LogP contribution is 2.43. The third-order valence-corrected chi connectivity index (χ3v) is 12.0. The van der Waals surface area contributed by atoms with Crippen LogP contribution in [0.15, 0.2) is 206 Å². The third-order valence-electron chi connectivity index (χ3n) is 12.0. The fourth-order valence-corrected chi connectivity index (χ4v) is 9.03. The first-order valence-electron chi connectivity index (χ1n) is 20.7. The Morgan fingerprint density at radius 3 is 1.61 bits per heavy atom. The van der Waals surface area contributed by atoms with E-state index in [1.165, 1.54) is 32.6 Å². The minimum absolute atomic E-state index is 0.462. The average molecular weight is 791 g/mol. The van der Waals surface area contributed by atoms with E-state index >= 15 is 0 Å². The predicted molar refractivity (Wildman–Crippen MR) is 254 cm³/mol. The molecule has 12 aromatic rings. The van der Waals surface area contributed by atoms with E-state index in [9.17, 15) is 5.26 Å². The molecule has 2 heterocycles. The highest BCUT2D eigenvalue weighted by molar-refractivity contribution is 6.26. The van der Waals surface area contributed by atoms with E-state index < -0.39 is 0 Å². The molecule has 6 heteroatoms. The summed E-state index contributed by atoms with van der Waals surface area (Å²) in [6.45, 7) is 0. The van der Waals surface area contributed by atoms with Gasteiger partial charge in [-0.1, -0.05) is 133 Å². The van der Waals surface area contributed by atoms with Crippen LogP contribution in [0.4, 0.5) is 17.3 Å². The largest absolute Gasteiger partial charge is 0.309 e. The number of para-hydroxylation sites is 1. The van der Waals surface area contributed by atoms with Gasteiger partial charge in [0.1, 0.15) is 0 Å². The van der Waals surface area contributed by atoms with Crippen molar-refractivity contribution >= 4 is 71.4 Å². The lowest BCUT2D eigenvalue weighted by Crippen LogP contribution is -2.15. The van der Waals surface area contributed by atoms with Gasteiger partial charge in [-0.2, -0.15) is 15.2 Å². The lowest BCUT2D eigenvalue weighted by Gasteiger charge is -2.24. The highest BCUT2D eigenvalue weighted by Gasteiger charge is 2.22. The molecule has 0 fully saturated rings. The topological polar surface area (TPSA) is 70.6 Å². The summed E-state index contributed by atoms with van der Waals surface area (Å²) in [6, 6.07) is 73.9. The number of nitrogens with zero attached hydrogens (tertiary/aromatic N) is 6. The van der Waals surface area contributed by atoms with Gasteiger partial charge in [-0.05, 0) is 116 Å². The van der Waals surface area contributed by atoms with Crippen LogP contribution < -0.4 is 4.90 Å². The first-order chi connectivity index (χ1) is 30.7. The molecular weight excluding hydrogens is 757 g/mol. The zero-order valence-electron chi connectivity index (χ0n) is 33.3. The summed E-state index contributed by atoms with van der Waals surface area (Å²) < 4.78 is 2.38. The van der Waals surface area contributed by atoms with Gasteiger partial charge in [0.05, 0.1) is 22.7 Å². The van der Waals surface area contributed by atoms with Gasteiger partial charge in [0.15, 0.2) is 11.6 Å². The normalized spacial score (nSPS) is 11.5. The summed E-state index contributed by atoms with van der Waals surface area (Å²) in [5.41, 5.74) is 9.81. The third kappa shape index (κ3) is 5.83. The highest BCUT2D eigenvalue weighted by atomic mass is 15.3. The maximum atomic E-state index is 9.74. The molecule has 0 N–H and O–H groups in total. The number of fused-ring (bicyclic) bond motifs is 2. The molecule has 12 rings (SSSR count). The summed E-state index contributed by atoms with van der Waals surface area (Å²) in [4.78, 5) is 17.6. The van der Waals surface area contributed by atoms with E-state index in [1.807, 2.05) is 48.5 Å². The van der Waals surface area contributed by atoms with Gasteiger partial charge in [-0.25, -0.2) is 4.98 Å². The number of rotatable bonds is 7. The van der Waals surface area contributed by atoms with Crippen LogP contribution in [0.1, 0.15) is 5.56 Å². The van der Waals surface area contributed by atoms with Gasteiger partial charge < -0.3 is 4.57 Å². The van der Waals surface area contributed by atoms with E-state index in [2.05, 4.69) is 173 Å². The van der Waals surface area contributed by atoms with Crippen molar-refractivity contribution in [1.82, 2.24) is 19.5 Å². The molecule has 0 unspecified atom stereocenters. The second kappa shape index (κ2) is 14.3. The maximum absolute atomic E-state index is 9.74. The molecule has 62 heavy (non-hydrogen) atoms. The molecule has 0 aliphatic carbocycles. The zero-order chi connectivity index (χ0) is 41.1. The fraction of sp³-hybridized carbons (Fsp3) is 0. The van der Waals surface area contributed by atoms with E-state index in [1.54, 1.807) is 0 Å². The molecule has 0 aliphatic heterocycles. The van der Waals surface area contributed by atoms with Gasteiger partial charge in [-0.15, -0.1) is 0 Å². The molecule has 2 aromatic heterocycles. The molecule has 288 valence electrons. The van der Waals surface area contributed by atoms with Crippen molar-refractivity contribution in [3.05, 3.63) is 212 Å². The van der Waals surface area contributed by atoms with Crippen LogP contribution in [0, 0.1) is 11.3 Å². The van der Waals surface area contributed by atoms with Crippen molar-refractivity contribution in [3.63, 3.8) is 0 Å². The number of anilines is 3. The summed E-state index contributed by atoms with van der Waals surface area (Å²) >= 11 is 0. The van der Waals surface area contributed by atoms with Crippen molar-refractivity contribution in [2.75, 3.05) is 4.90 Å². The number of aromatic nitrogens is 4. The van der Waals surface area contributed by atoms with Crippen molar-refractivity contribution in [2.45, 2.75) is 0 Å². The van der Waals surface area contributed by atoms with Gasteiger partial charge in [0, 0.05) is 39.0 Å². The fourth-order valence-electron chi connectivity index (χ4n) is 9.03. The molecule has 10 aromatic carbocycles. The van der Waals surface area contributed by atoms with Gasteiger partial charge in [0.2, 0.25) is 5.95 Å². The molecule has 0 bridgehead atoms. The predicted octanol–water partition coefficient (Wildman–Crippen LogP) is 14.2. The Labute approximate surface area is 357 Å². The van der Waals surface area contributed by atoms with E-state index in [0.29, 0.717) is 23.2 Å². The van der Waals surface area contributed by atoms with Crippen molar-refractivity contribution in [2.24, 2.45) is 0 Å². The Balaban J connectivity index is 1.03. The number of hydrogen-bond donors (Lipinski definition) is 0. The quantitative estimate of drug-likeness (QED) is 0.150. The zero-order valence-corrected chi connectivity index (χ0v) is 33.3. The average Bonchev–Trinajstić information content (AvgIpc) is 3.69. The number of nitriles is 1. The standard InChI is InChI=1S/C56H34N6/c57-35-36-17-26-46(27-18-36)61(56-59-54(43-21-19-37-9-4-6-11-41(37)33-43)58-55(60-56)44-22-20-38-10-5-7-12-42(38)34-44)47-28-23-39(24-29-47)48-31-32-51-53-49(48)30-25-40-13-8-16-50(52(40)53)62(51)45-14-2-1-3-15-45/h1-34H. The summed E-state index contributed by atoms with van der Waals surface area (Å²) in [5, 5.41) is 19.2. The molecule has 0 amide bonds. The lowest BCUT2D eigenvalue weighted by molar-refractivity contribution is 1.02. The Kier molecular flexibility index (Phi) is 8.12. The Hall–Kier alpha value is -8.66. The maximum Gasteiger partial charge on any atom is 0.238 e. The minimum atomic E-state index is 0.462. The van der Waals surface area contributed by atoms with E-state index in [4.69, 9.17) is 15.0 Å². The first kappa shape index (κ1) is 35.3. The van der Waals surface area contributed by atoms with Crippen LogP contribution in [0.5, 0.6) is 0 Å². The Morgan fingerprint density at radius 2 is 0.968 bits per heavy atom. The van der Waals surface area contributed by atoms with E-state index in [-0.39, 0.29) is 0 Å². The van der Waals surface area contributed by atoms with Crippen LogP contribution in [0.3, 0.4) is 0 Å². The smallest absolute Gasteiger partial charge is 0.238 e. The first-order valence-corrected chi connectivity index (χ1v) is 20.7. The molecule has 0 spiro atoms. The summed E-state index contributed by atoms with van der Waals surface area (Å²) in [7, 11) is 0. The van der Waals surface area contributed by atoms with Crippen LogP contribution in [0.25, 0.3) is 93.7 Å². The molecule has 0 saturated carbocycles. The van der Waals surface area contributed by atoms with Crippen LogP contribution in [-0.4, -0.2) is 19.5 Å².